The monoisotopic (exact) mass is 414 g/mol. The predicted octanol–water partition coefficient (Wildman–Crippen LogP) is 4.41. The van der Waals surface area contributed by atoms with Gasteiger partial charge in [-0.25, -0.2) is 4.79 Å². The summed E-state index contributed by atoms with van der Waals surface area (Å²) in [5.74, 6) is -1.24. The number of hydrogen-bond acceptors (Lipinski definition) is 5. The molecule has 0 saturated heterocycles. The number of esters is 1. The van der Waals surface area contributed by atoms with Crippen LogP contribution in [0.3, 0.4) is 0 Å². The van der Waals surface area contributed by atoms with Crippen molar-refractivity contribution in [1.29, 1.82) is 0 Å². The van der Waals surface area contributed by atoms with Gasteiger partial charge in [-0.3, -0.25) is 4.79 Å². The Balaban J connectivity index is 1.92. The maximum absolute atomic E-state index is 11.3. The fourth-order valence-electron chi connectivity index (χ4n) is 3.19. The summed E-state index contributed by atoms with van der Waals surface area (Å²) in [5, 5.41) is 9.26. The van der Waals surface area contributed by atoms with Gasteiger partial charge >= 0.3 is 11.9 Å². The van der Waals surface area contributed by atoms with Crippen molar-refractivity contribution in [2.24, 2.45) is 5.92 Å². The van der Waals surface area contributed by atoms with Gasteiger partial charge in [0.15, 0.2) is 0 Å². The molecule has 1 aromatic carbocycles. The molecule has 0 unspecified atom stereocenters. The summed E-state index contributed by atoms with van der Waals surface area (Å²) in [6.45, 7) is 6.07. The third-order valence-corrected chi connectivity index (χ3v) is 4.88. The van der Waals surface area contributed by atoms with Gasteiger partial charge in [0, 0.05) is 17.7 Å². The van der Waals surface area contributed by atoms with E-state index in [1.807, 2.05) is 24.3 Å². The average molecular weight is 414 g/mol. The minimum absolute atomic E-state index is 0.354. The van der Waals surface area contributed by atoms with Crippen LogP contribution in [0, 0.1) is 5.92 Å². The zero-order valence-electron chi connectivity index (χ0n) is 17.6. The number of carbonyl (C=O) groups is 2. The predicted molar refractivity (Wildman–Crippen MR) is 114 cm³/mol. The molecule has 1 aliphatic rings. The number of carboxylic acids is 1. The van der Waals surface area contributed by atoms with Crippen molar-refractivity contribution in [3.8, 4) is 5.75 Å². The quantitative estimate of drug-likeness (QED) is 0.236. The minimum Gasteiger partial charge on any atom is -0.496 e. The topological polar surface area (TPSA) is 82.1 Å². The van der Waals surface area contributed by atoms with Gasteiger partial charge < -0.3 is 19.3 Å². The molecular formula is C24H30O6. The average Bonchev–Trinajstić information content (AvgIpc) is 2.75. The normalized spacial score (nSPS) is 20.0. The first-order chi connectivity index (χ1) is 14.4. The van der Waals surface area contributed by atoms with Crippen LogP contribution in [0.5, 0.6) is 5.75 Å². The van der Waals surface area contributed by atoms with Crippen molar-refractivity contribution in [1.82, 2.24) is 0 Å². The second-order valence-corrected chi connectivity index (χ2v) is 7.25. The molecule has 162 valence electrons. The van der Waals surface area contributed by atoms with Crippen molar-refractivity contribution in [3.05, 3.63) is 66.3 Å². The molecule has 1 N–H and O–H groups in total. The van der Waals surface area contributed by atoms with Gasteiger partial charge in [-0.1, -0.05) is 43.4 Å². The van der Waals surface area contributed by atoms with Crippen LogP contribution < -0.4 is 4.74 Å². The number of aliphatic carboxylic acids is 1. The summed E-state index contributed by atoms with van der Waals surface area (Å²) in [5.41, 5.74) is 0.370. The van der Waals surface area contributed by atoms with E-state index in [0.717, 1.165) is 31.2 Å². The van der Waals surface area contributed by atoms with E-state index >= 15 is 0 Å². The van der Waals surface area contributed by atoms with Gasteiger partial charge in [-0.05, 0) is 44.4 Å². The van der Waals surface area contributed by atoms with Gasteiger partial charge in [0.05, 0.1) is 19.6 Å². The molecule has 6 nitrogen and oxygen atoms in total. The highest BCUT2D eigenvalue weighted by Gasteiger charge is 2.34. The number of unbranched alkanes of at least 4 members (excludes halogenated alkanes) is 3. The molecule has 0 aromatic heterocycles. The Morgan fingerprint density at radius 3 is 2.30 bits per heavy atom. The number of rotatable bonds is 12. The molecule has 0 saturated carbocycles. The number of hydrogen-bond donors (Lipinski definition) is 1. The Labute approximate surface area is 177 Å². The number of methoxy groups -OCH3 is 1. The van der Waals surface area contributed by atoms with E-state index in [1.165, 1.54) is 0 Å². The smallest absolute Gasteiger partial charge is 0.333 e. The molecule has 30 heavy (non-hydrogen) atoms. The molecule has 0 atom stereocenters. The first kappa shape index (κ1) is 23.4. The fourth-order valence-corrected chi connectivity index (χ4v) is 3.19. The number of benzene rings is 1. The largest absolute Gasteiger partial charge is 0.496 e. The highest BCUT2D eigenvalue weighted by atomic mass is 16.5. The number of ether oxygens (including phenoxy) is 3. The Hall–Kier alpha value is -2.86. The van der Waals surface area contributed by atoms with E-state index in [1.54, 1.807) is 38.3 Å². The van der Waals surface area contributed by atoms with E-state index < -0.39 is 17.5 Å². The molecule has 0 aliphatic heterocycles. The molecule has 6 heteroatoms. The molecule has 0 fully saturated rings. The maximum Gasteiger partial charge on any atom is 0.333 e. The second-order valence-electron chi connectivity index (χ2n) is 7.25. The van der Waals surface area contributed by atoms with Gasteiger partial charge in [-0.15, -0.1) is 0 Å². The summed E-state index contributed by atoms with van der Waals surface area (Å²) in [6.07, 6.45) is 10.3. The van der Waals surface area contributed by atoms with Crippen LogP contribution in [0.4, 0.5) is 0 Å². The van der Waals surface area contributed by atoms with E-state index in [4.69, 9.17) is 14.2 Å². The zero-order valence-corrected chi connectivity index (χ0v) is 17.6. The third-order valence-electron chi connectivity index (χ3n) is 4.88. The number of carboxylic acid groups (broad SMARTS) is 1. The summed E-state index contributed by atoms with van der Waals surface area (Å²) in [4.78, 5) is 22.6. The Bertz CT molecular complexity index is 794. The lowest BCUT2D eigenvalue weighted by atomic mass is 9.85. The lowest BCUT2D eigenvalue weighted by Gasteiger charge is -2.32. The molecule has 2 rings (SSSR count). The SMILES string of the molecule is C=C(C)C(=O)OCCCCCCOC1(c2ccccc2OC)C=CC(C(=O)O)C=C1. The number of para-hydroxylation sites is 1. The van der Waals surface area contributed by atoms with Crippen molar-refractivity contribution in [2.75, 3.05) is 20.3 Å². The molecule has 0 spiro atoms. The minimum atomic E-state index is -0.900. The summed E-state index contributed by atoms with van der Waals surface area (Å²) >= 11 is 0. The van der Waals surface area contributed by atoms with Crippen LogP contribution >= 0.6 is 0 Å². The second kappa shape index (κ2) is 11.4. The lowest BCUT2D eigenvalue weighted by Crippen LogP contribution is -2.29. The van der Waals surface area contributed by atoms with Crippen LogP contribution in [0.25, 0.3) is 0 Å². The van der Waals surface area contributed by atoms with Crippen LogP contribution in [0.2, 0.25) is 0 Å². The van der Waals surface area contributed by atoms with Crippen LogP contribution in [-0.4, -0.2) is 37.4 Å². The summed E-state index contributed by atoms with van der Waals surface area (Å²) in [7, 11) is 1.60. The van der Waals surface area contributed by atoms with Crippen LogP contribution in [-0.2, 0) is 24.7 Å². The van der Waals surface area contributed by atoms with Gasteiger partial charge in [0.1, 0.15) is 11.4 Å². The summed E-state index contributed by atoms with van der Waals surface area (Å²) < 4.78 is 16.8. The Morgan fingerprint density at radius 1 is 1.07 bits per heavy atom. The Kier molecular flexibility index (Phi) is 8.87. The van der Waals surface area contributed by atoms with E-state index in [0.29, 0.717) is 24.5 Å². The van der Waals surface area contributed by atoms with Gasteiger partial charge in [0.25, 0.3) is 0 Å². The van der Waals surface area contributed by atoms with E-state index in [9.17, 15) is 14.7 Å². The molecule has 0 radical (unpaired) electrons. The molecule has 1 aliphatic carbocycles. The first-order valence-corrected chi connectivity index (χ1v) is 10.1. The Morgan fingerprint density at radius 2 is 1.70 bits per heavy atom. The molecule has 0 bridgehead atoms. The highest BCUT2D eigenvalue weighted by molar-refractivity contribution is 5.86. The van der Waals surface area contributed by atoms with Crippen molar-refractivity contribution < 1.29 is 28.9 Å². The lowest BCUT2D eigenvalue weighted by molar-refractivity contribution is -0.139. The molecule has 1 aromatic rings. The van der Waals surface area contributed by atoms with Crippen molar-refractivity contribution >= 4 is 11.9 Å². The standard InChI is InChI=1S/C24H30O6/c1-18(2)23(27)29-16-8-4-5-9-17-30-24(14-12-19(13-15-24)22(25)26)20-10-6-7-11-21(20)28-3/h6-7,10-15,19H,1,4-5,8-9,16-17H2,2-3H3,(H,25,26). The van der Waals surface area contributed by atoms with Crippen molar-refractivity contribution in [2.45, 2.75) is 38.2 Å². The van der Waals surface area contributed by atoms with Crippen molar-refractivity contribution in [3.63, 3.8) is 0 Å². The molecule has 0 amide bonds. The first-order valence-electron chi connectivity index (χ1n) is 10.1. The van der Waals surface area contributed by atoms with Gasteiger partial charge in [-0.2, -0.15) is 0 Å². The molecule has 0 heterocycles. The van der Waals surface area contributed by atoms with Crippen LogP contribution in [0.15, 0.2) is 60.7 Å². The third kappa shape index (κ3) is 6.32. The van der Waals surface area contributed by atoms with Crippen LogP contribution in [0.1, 0.15) is 38.2 Å². The zero-order chi connectivity index (χ0) is 22.0. The van der Waals surface area contributed by atoms with E-state index in [2.05, 4.69) is 6.58 Å². The molecular weight excluding hydrogens is 384 g/mol. The fraction of sp³-hybridized carbons (Fsp3) is 0.417. The number of carbonyl (C=O) groups excluding carboxylic acids is 1. The van der Waals surface area contributed by atoms with Gasteiger partial charge in [0.2, 0.25) is 0 Å². The maximum atomic E-state index is 11.3. The van der Waals surface area contributed by atoms with E-state index in [-0.39, 0.29) is 5.97 Å². The highest BCUT2D eigenvalue weighted by Crippen LogP contribution is 2.38. The summed E-state index contributed by atoms with van der Waals surface area (Å²) in [6, 6.07) is 7.56.